The smallest absolute Gasteiger partial charge is 0.0865 e. The molecule has 4 heteroatoms. The Labute approximate surface area is 206 Å². The number of aliphatic hydroxyl groups excluding tert-OH is 2. The van der Waals surface area contributed by atoms with E-state index < -0.39 is 17.3 Å². The Morgan fingerprint density at radius 3 is 2.24 bits per heavy atom. The predicted octanol–water partition coefficient (Wildman–Crippen LogP) is 5.55. The van der Waals surface area contributed by atoms with Gasteiger partial charge in [-0.15, -0.1) is 0 Å². The molecule has 0 aromatic carbocycles. The van der Waals surface area contributed by atoms with Crippen LogP contribution in [0.1, 0.15) is 100 Å². The van der Waals surface area contributed by atoms with Crippen molar-refractivity contribution in [3.8, 4) is 0 Å². The summed E-state index contributed by atoms with van der Waals surface area (Å²) in [4.78, 5) is 0. The third-order valence-electron chi connectivity index (χ3n) is 11.9. The highest BCUT2D eigenvalue weighted by atomic mass is 16.5. The molecule has 0 spiro atoms. The number of ether oxygens (including phenoxy) is 1. The third-order valence-corrected chi connectivity index (χ3v) is 11.9. The quantitative estimate of drug-likeness (QED) is 0.461. The van der Waals surface area contributed by atoms with Crippen LogP contribution in [0.3, 0.4) is 0 Å². The Morgan fingerprint density at radius 1 is 0.941 bits per heavy atom. The molecule has 192 valence electrons. The average molecular weight is 473 g/mol. The molecule has 1 saturated heterocycles. The van der Waals surface area contributed by atoms with E-state index in [1.807, 2.05) is 13.8 Å². The summed E-state index contributed by atoms with van der Waals surface area (Å²) in [7, 11) is 0. The van der Waals surface area contributed by atoms with Crippen molar-refractivity contribution in [2.45, 2.75) is 130 Å². The molecule has 9 atom stereocenters. The number of hydrogen-bond acceptors (Lipinski definition) is 4. The Bertz CT molecular complexity index is 927. The van der Waals surface area contributed by atoms with Gasteiger partial charge in [0.15, 0.2) is 0 Å². The normalized spacial score (nSPS) is 52.4. The van der Waals surface area contributed by atoms with Crippen LogP contribution < -0.4 is 0 Å². The van der Waals surface area contributed by atoms with E-state index in [0.29, 0.717) is 5.92 Å². The van der Waals surface area contributed by atoms with Crippen LogP contribution in [0.4, 0.5) is 0 Å². The van der Waals surface area contributed by atoms with Crippen molar-refractivity contribution < 1.29 is 20.1 Å². The number of rotatable bonds is 2. The zero-order valence-electron chi connectivity index (χ0n) is 22.7. The molecular formula is C30H48O4. The summed E-state index contributed by atoms with van der Waals surface area (Å²) >= 11 is 0. The lowest BCUT2D eigenvalue weighted by molar-refractivity contribution is -0.171. The van der Waals surface area contributed by atoms with Crippen molar-refractivity contribution in [2.75, 3.05) is 0 Å². The zero-order valence-corrected chi connectivity index (χ0v) is 22.7. The molecule has 0 aromatic rings. The van der Waals surface area contributed by atoms with Gasteiger partial charge in [0, 0.05) is 16.7 Å². The average Bonchev–Trinajstić information content (AvgIpc) is 3.20. The van der Waals surface area contributed by atoms with Crippen molar-refractivity contribution in [1.29, 1.82) is 0 Å². The van der Waals surface area contributed by atoms with Crippen molar-refractivity contribution in [1.82, 2.24) is 0 Å². The van der Waals surface area contributed by atoms with Gasteiger partial charge < -0.3 is 20.1 Å². The Morgan fingerprint density at radius 2 is 1.62 bits per heavy atom. The summed E-state index contributed by atoms with van der Waals surface area (Å²) in [5.41, 5.74) is 1.38. The van der Waals surface area contributed by atoms with E-state index in [0.717, 1.165) is 44.9 Å². The fourth-order valence-corrected chi connectivity index (χ4v) is 9.77. The van der Waals surface area contributed by atoms with Gasteiger partial charge in [0.2, 0.25) is 0 Å². The molecule has 0 amide bonds. The van der Waals surface area contributed by atoms with Crippen LogP contribution in [-0.2, 0) is 4.74 Å². The summed E-state index contributed by atoms with van der Waals surface area (Å²) in [6.45, 7) is 17.5. The van der Waals surface area contributed by atoms with E-state index in [2.05, 4.69) is 53.7 Å². The van der Waals surface area contributed by atoms with Gasteiger partial charge in [0.05, 0.1) is 29.5 Å². The van der Waals surface area contributed by atoms with Crippen molar-refractivity contribution in [3.63, 3.8) is 0 Å². The van der Waals surface area contributed by atoms with Crippen molar-refractivity contribution >= 4 is 0 Å². The van der Waals surface area contributed by atoms with Crippen molar-refractivity contribution in [3.05, 3.63) is 23.3 Å². The molecule has 2 saturated carbocycles. The Kier molecular flexibility index (Phi) is 5.30. The lowest BCUT2D eigenvalue weighted by atomic mass is 9.43. The zero-order chi connectivity index (χ0) is 25.1. The molecule has 9 unspecified atom stereocenters. The SMILES string of the molecule is CC12CCC(O)C(C)(C)C1=CCC1C2=CCC2(C)C(C3(C)CCC(C(C)(C)O)O3)C(O)CC12C. The lowest BCUT2D eigenvalue weighted by Gasteiger charge is -2.61. The fraction of sp³-hybridized carbons (Fsp3) is 0.867. The fourth-order valence-electron chi connectivity index (χ4n) is 9.77. The van der Waals surface area contributed by atoms with E-state index in [9.17, 15) is 15.3 Å². The molecule has 0 bridgehead atoms. The highest BCUT2D eigenvalue weighted by molar-refractivity contribution is 5.44. The molecule has 5 aliphatic rings. The van der Waals surface area contributed by atoms with Crippen LogP contribution in [-0.4, -0.2) is 44.8 Å². The van der Waals surface area contributed by atoms with Crippen LogP contribution in [0.25, 0.3) is 0 Å². The summed E-state index contributed by atoms with van der Waals surface area (Å²) in [6.07, 6.45) is 10.4. The maximum Gasteiger partial charge on any atom is 0.0865 e. The van der Waals surface area contributed by atoms with E-state index in [-0.39, 0.29) is 39.8 Å². The van der Waals surface area contributed by atoms with Gasteiger partial charge in [0.25, 0.3) is 0 Å². The topological polar surface area (TPSA) is 69.9 Å². The molecule has 4 aliphatic carbocycles. The molecule has 5 rings (SSSR count). The minimum Gasteiger partial charge on any atom is -0.393 e. The monoisotopic (exact) mass is 472 g/mol. The minimum absolute atomic E-state index is 0.00120. The summed E-state index contributed by atoms with van der Waals surface area (Å²) in [6, 6.07) is 0. The first-order valence-electron chi connectivity index (χ1n) is 13.7. The Hall–Kier alpha value is -0.680. The van der Waals surface area contributed by atoms with Crippen LogP contribution >= 0.6 is 0 Å². The molecule has 3 fully saturated rings. The maximum absolute atomic E-state index is 11.7. The van der Waals surface area contributed by atoms with E-state index in [1.165, 1.54) is 5.57 Å². The van der Waals surface area contributed by atoms with E-state index >= 15 is 0 Å². The van der Waals surface area contributed by atoms with Gasteiger partial charge >= 0.3 is 0 Å². The number of allylic oxidation sites excluding steroid dienone is 3. The second kappa shape index (κ2) is 7.21. The lowest BCUT2D eigenvalue weighted by Crippen LogP contribution is -2.56. The van der Waals surface area contributed by atoms with Crippen LogP contribution in [0.2, 0.25) is 0 Å². The first kappa shape index (κ1) is 25.0. The van der Waals surface area contributed by atoms with E-state index in [4.69, 9.17) is 4.74 Å². The largest absolute Gasteiger partial charge is 0.393 e. The number of aliphatic hydroxyl groups is 3. The van der Waals surface area contributed by atoms with Crippen LogP contribution in [0.5, 0.6) is 0 Å². The first-order chi connectivity index (χ1) is 15.5. The van der Waals surface area contributed by atoms with Crippen LogP contribution in [0, 0.1) is 33.5 Å². The summed E-state index contributed by atoms with van der Waals surface area (Å²) in [5.74, 6) is 0.443. The predicted molar refractivity (Wildman–Crippen MR) is 135 cm³/mol. The summed E-state index contributed by atoms with van der Waals surface area (Å²) in [5, 5.41) is 33.1. The molecular weight excluding hydrogens is 424 g/mol. The highest BCUT2D eigenvalue weighted by Crippen LogP contribution is 2.73. The number of fused-ring (bicyclic) bond motifs is 5. The molecule has 0 aromatic heterocycles. The molecule has 3 N–H and O–H groups in total. The second-order valence-electron chi connectivity index (χ2n) is 14.6. The maximum atomic E-state index is 11.7. The third kappa shape index (κ3) is 3.04. The molecule has 1 heterocycles. The van der Waals surface area contributed by atoms with Crippen molar-refractivity contribution in [2.24, 2.45) is 33.5 Å². The van der Waals surface area contributed by atoms with Gasteiger partial charge in [-0.2, -0.15) is 0 Å². The highest BCUT2D eigenvalue weighted by Gasteiger charge is 2.69. The van der Waals surface area contributed by atoms with Crippen LogP contribution in [0.15, 0.2) is 23.3 Å². The molecule has 4 nitrogen and oxygen atoms in total. The van der Waals surface area contributed by atoms with E-state index in [1.54, 1.807) is 5.57 Å². The van der Waals surface area contributed by atoms with Gasteiger partial charge in [-0.1, -0.05) is 57.9 Å². The van der Waals surface area contributed by atoms with Gasteiger partial charge in [-0.05, 0) is 82.5 Å². The molecule has 0 radical (unpaired) electrons. The summed E-state index contributed by atoms with van der Waals surface area (Å²) < 4.78 is 6.64. The van der Waals surface area contributed by atoms with Gasteiger partial charge in [-0.25, -0.2) is 0 Å². The molecule has 34 heavy (non-hydrogen) atoms. The molecule has 1 aliphatic heterocycles. The Balaban J connectivity index is 1.54. The van der Waals surface area contributed by atoms with Gasteiger partial charge in [-0.3, -0.25) is 0 Å². The second-order valence-corrected chi connectivity index (χ2v) is 14.6. The first-order valence-corrected chi connectivity index (χ1v) is 13.7. The minimum atomic E-state index is -0.872. The van der Waals surface area contributed by atoms with Gasteiger partial charge in [0.1, 0.15) is 0 Å². The standard InChI is InChI=1S/C30H48O4/c1-25(2)21-10-9-19-18(27(21,5)14-12-22(25)32)11-15-28(6)24(20(31)17-29(19,28)7)30(8)16-13-23(34-30)26(3,4)33/h10-11,19-20,22-24,31-33H,9,12-17H2,1-8H3. The number of hydrogen-bond donors (Lipinski definition) is 3.